The van der Waals surface area contributed by atoms with Crippen molar-refractivity contribution in [3.05, 3.63) is 16.8 Å². The van der Waals surface area contributed by atoms with Crippen molar-refractivity contribution in [2.24, 2.45) is 5.73 Å². The average Bonchev–Trinajstić information content (AvgIpc) is 2.34. The van der Waals surface area contributed by atoms with E-state index in [0.29, 0.717) is 0 Å². The van der Waals surface area contributed by atoms with E-state index in [1.807, 2.05) is 6.92 Å². The molecule has 0 aromatic carbocycles. The van der Waals surface area contributed by atoms with Gasteiger partial charge in [0.15, 0.2) is 0 Å². The van der Waals surface area contributed by atoms with Gasteiger partial charge in [0.05, 0.1) is 11.3 Å². The lowest BCUT2D eigenvalue weighted by molar-refractivity contribution is 0.818. The molecular formula is C12H20N4S. The van der Waals surface area contributed by atoms with E-state index in [1.165, 1.54) is 0 Å². The molecule has 0 aliphatic rings. The Kier molecular flexibility index (Phi) is 5.41. The molecule has 0 atom stereocenters. The summed E-state index contributed by atoms with van der Waals surface area (Å²) in [6.45, 7) is 6.23. The third kappa shape index (κ3) is 3.19. The molecule has 1 heterocycles. The smallest absolute Gasteiger partial charge is 0.130 e. The molecule has 0 aliphatic heterocycles. The minimum Gasteiger partial charge on any atom is -0.384 e. The van der Waals surface area contributed by atoms with Crippen molar-refractivity contribution in [2.45, 2.75) is 45.1 Å². The van der Waals surface area contributed by atoms with Crippen LogP contribution < -0.4 is 5.73 Å². The number of rotatable bonds is 6. The monoisotopic (exact) mass is 252 g/mol. The van der Waals surface area contributed by atoms with Gasteiger partial charge in [-0.2, -0.15) is 5.10 Å². The molecule has 5 heteroatoms. The number of amidine groups is 1. The molecule has 4 nitrogen and oxygen atoms in total. The molecule has 0 unspecified atom stereocenters. The van der Waals surface area contributed by atoms with Crippen LogP contribution in [-0.2, 0) is 12.8 Å². The average molecular weight is 252 g/mol. The van der Waals surface area contributed by atoms with E-state index >= 15 is 0 Å². The topological polar surface area (TPSA) is 75.7 Å². The quantitative estimate of drug-likeness (QED) is 0.463. The van der Waals surface area contributed by atoms with Crippen molar-refractivity contribution >= 4 is 17.6 Å². The van der Waals surface area contributed by atoms with E-state index in [4.69, 9.17) is 11.1 Å². The van der Waals surface area contributed by atoms with Crippen molar-refractivity contribution in [1.82, 2.24) is 10.2 Å². The molecular weight excluding hydrogens is 232 g/mol. The van der Waals surface area contributed by atoms with Crippen LogP contribution in [0.5, 0.6) is 0 Å². The molecule has 17 heavy (non-hydrogen) atoms. The standard InChI is InChI=1S/C12H20N4S/c1-4-7-17-12-10(11(13)14)8(5-2)9(6-3)15-16-12/h4-7H2,1-3H3,(H3,13,14). The Morgan fingerprint density at radius 1 is 1.24 bits per heavy atom. The first kappa shape index (κ1) is 14.0. The summed E-state index contributed by atoms with van der Waals surface area (Å²) in [6, 6.07) is 0. The summed E-state index contributed by atoms with van der Waals surface area (Å²) in [5, 5.41) is 17.0. The first-order valence-electron chi connectivity index (χ1n) is 6.01. The molecule has 1 rings (SSSR count). The molecule has 0 saturated heterocycles. The molecule has 0 saturated carbocycles. The molecule has 0 radical (unpaired) electrons. The highest BCUT2D eigenvalue weighted by atomic mass is 32.2. The third-order valence-corrected chi connectivity index (χ3v) is 3.70. The van der Waals surface area contributed by atoms with Crippen molar-refractivity contribution < 1.29 is 0 Å². The molecule has 0 amide bonds. The Bertz CT molecular complexity index is 404. The highest BCUT2D eigenvalue weighted by Crippen LogP contribution is 2.25. The Labute approximate surface area is 107 Å². The maximum Gasteiger partial charge on any atom is 0.130 e. The summed E-state index contributed by atoms with van der Waals surface area (Å²) in [5.41, 5.74) is 8.51. The van der Waals surface area contributed by atoms with Crippen LogP contribution >= 0.6 is 11.8 Å². The van der Waals surface area contributed by atoms with Gasteiger partial charge in [-0.25, -0.2) is 0 Å². The fourth-order valence-corrected chi connectivity index (χ4v) is 2.61. The lowest BCUT2D eigenvalue weighted by atomic mass is 10.0. The van der Waals surface area contributed by atoms with Gasteiger partial charge in [-0.15, -0.1) is 16.9 Å². The molecule has 0 fully saturated rings. The van der Waals surface area contributed by atoms with Gasteiger partial charge in [-0.1, -0.05) is 20.8 Å². The Hall–Kier alpha value is -1.10. The van der Waals surface area contributed by atoms with E-state index < -0.39 is 0 Å². The largest absolute Gasteiger partial charge is 0.384 e. The highest BCUT2D eigenvalue weighted by molar-refractivity contribution is 7.99. The Morgan fingerprint density at radius 2 is 1.94 bits per heavy atom. The van der Waals surface area contributed by atoms with Gasteiger partial charge in [0.25, 0.3) is 0 Å². The minimum absolute atomic E-state index is 0.102. The Balaban J connectivity index is 3.26. The molecule has 0 aliphatic carbocycles. The summed E-state index contributed by atoms with van der Waals surface area (Å²) in [5.74, 6) is 1.08. The van der Waals surface area contributed by atoms with Crippen LogP contribution in [0.15, 0.2) is 5.03 Å². The van der Waals surface area contributed by atoms with Crippen molar-refractivity contribution in [3.8, 4) is 0 Å². The third-order valence-electron chi connectivity index (χ3n) is 2.53. The van der Waals surface area contributed by atoms with Crippen molar-refractivity contribution in [3.63, 3.8) is 0 Å². The molecule has 3 N–H and O–H groups in total. The maximum atomic E-state index is 7.72. The molecule has 1 aromatic heterocycles. The van der Waals surface area contributed by atoms with Gasteiger partial charge in [-0.05, 0) is 30.6 Å². The number of nitrogen functional groups attached to an aromatic ring is 1. The van der Waals surface area contributed by atoms with Crippen LogP contribution in [0.1, 0.15) is 44.0 Å². The first-order valence-corrected chi connectivity index (χ1v) is 6.99. The SMILES string of the molecule is CCCSc1nnc(CC)c(CC)c1C(=N)N. The first-order chi connectivity index (χ1) is 8.15. The summed E-state index contributed by atoms with van der Waals surface area (Å²) in [7, 11) is 0. The number of nitrogens with two attached hydrogens (primary N) is 1. The Morgan fingerprint density at radius 3 is 2.41 bits per heavy atom. The number of aromatic nitrogens is 2. The van der Waals surface area contributed by atoms with Crippen molar-refractivity contribution in [2.75, 3.05) is 5.75 Å². The van der Waals surface area contributed by atoms with Crippen LogP contribution in [0, 0.1) is 5.41 Å². The zero-order chi connectivity index (χ0) is 12.8. The normalized spacial score (nSPS) is 10.5. The summed E-state index contributed by atoms with van der Waals surface area (Å²) in [6.07, 6.45) is 2.74. The fraction of sp³-hybridized carbons (Fsp3) is 0.583. The summed E-state index contributed by atoms with van der Waals surface area (Å²) < 4.78 is 0. The number of aryl methyl sites for hydroxylation is 1. The molecule has 0 spiro atoms. The number of nitrogens with one attached hydrogen (secondary N) is 1. The second kappa shape index (κ2) is 6.59. The maximum absolute atomic E-state index is 7.72. The molecule has 94 valence electrons. The number of hydrogen-bond donors (Lipinski definition) is 2. The van der Waals surface area contributed by atoms with Crippen LogP contribution in [0.25, 0.3) is 0 Å². The van der Waals surface area contributed by atoms with Crippen molar-refractivity contribution in [1.29, 1.82) is 5.41 Å². The van der Waals surface area contributed by atoms with Crippen LogP contribution in [0.3, 0.4) is 0 Å². The summed E-state index contributed by atoms with van der Waals surface area (Å²) >= 11 is 1.63. The van der Waals surface area contributed by atoms with E-state index in [-0.39, 0.29) is 5.84 Å². The lowest BCUT2D eigenvalue weighted by Gasteiger charge is -2.13. The van der Waals surface area contributed by atoms with Gasteiger partial charge < -0.3 is 5.73 Å². The minimum atomic E-state index is 0.102. The predicted octanol–water partition coefficient (Wildman–Crippen LogP) is 2.39. The van der Waals surface area contributed by atoms with Gasteiger partial charge in [0.2, 0.25) is 0 Å². The van der Waals surface area contributed by atoms with Crippen LogP contribution in [0.2, 0.25) is 0 Å². The number of nitrogens with zero attached hydrogens (tertiary/aromatic N) is 2. The zero-order valence-electron chi connectivity index (χ0n) is 10.7. The second-order valence-corrected chi connectivity index (χ2v) is 4.86. The highest BCUT2D eigenvalue weighted by Gasteiger charge is 2.16. The van der Waals surface area contributed by atoms with E-state index in [1.54, 1.807) is 11.8 Å². The fourth-order valence-electron chi connectivity index (χ4n) is 1.73. The van der Waals surface area contributed by atoms with E-state index in [0.717, 1.165) is 46.9 Å². The van der Waals surface area contributed by atoms with Gasteiger partial charge >= 0.3 is 0 Å². The summed E-state index contributed by atoms with van der Waals surface area (Å²) in [4.78, 5) is 0. The van der Waals surface area contributed by atoms with Crippen LogP contribution in [-0.4, -0.2) is 21.8 Å². The zero-order valence-corrected chi connectivity index (χ0v) is 11.5. The van der Waals surface area contributed by atoms with Gasteiger partial charge in [0, 0.05) is 0 Å². The van der Waals surface area contributed by atoms with Crippen LogP contribution in [0.4, 0.5) is 0 Å². The second-order valence-electron chi connectivity index (χ2n) is 3.77. The molecule has 0 bridgehead atoms. The number of thioether (sulfide) groups is 1. The predicted molar refractivity (Wildman–Crippen MR) is 72.8 cm³/mol. The van der Waals surface area contributed by atoms with E-state index in [2.05, 4.69) is 24.0 Å². The van der Waals surface area contributed by atoms with E-state index in [9.17, 15) is 0 Å². The molecule has 1 aromatic rings. The lowest BCUT2D eigenvalue weighted by Crippen LogP contribution is -2.18. The van der Waals surface area contributed by atoms with Gasteiger partial charge in [0.1, 0.15) is 10.9 Å². The van der Waals surface area contributed by atoms with Gasteiger partial charge in [-0.3, -0.25) is 5.41 Å². The number of hydrogen-bond acceptors (Lipinski definition) is 4.